The van der Waals surface area contributed by atoms with Crippen LogP contribution in [0.4, 0.5) is 0 Å². The van der Waals surface area contributed by atoms with Gasteiger partial charge in [0.05, 0.1) is 0 Å². The molecule has 0 saturated carbocycles. The average Bonchev–Trinajstić information content (AvgIpc) is 2.48. The van der Waals surface area contributed by atoms with Crippen LogP contribution in [0.15, 0.2) is 35.6 Å². The summed E-state index contributed by atoms with van der Waals surface area (Å²) in [5, 5.41) is 10.1. The van der Waals surface area contributed by atoms with Crippen LogP contribution in [0.3, 0.4) is 0 Å². The van der Waals surface area contributed by atoms with Crippen molar-refractivity contribution in [2.45, 2.75) is 30.8 Å². The van der Waals surface area contributed by atoms with Crippen molar-refractivity contribution >= 4 is 11.6 Å². The Hall–Kier alpha value is -0.810. The van der Waals surface area contributed by atoms with E-state index in [0.717, 1.165) is 37.7 Å². The Bertz CT molecular complexity index is 409. The van der Waals surface area contributed by atoms with Crippen molar-refractivity contribution in [3.8, 4) is 0 Å². The molecule has 5 N–H and O–H groups in total. The Kier molecular flexibility index (Phi) is 6.77. The molecule has 1 fully saturated rings. The maximum atomic E-state index is 5.85. The van der Waals surface area contributed by atoms with Gasteiger partial charge in [-0.05, 0) is 57.0 Å². The number of hydrogen-bond acceptors (Lipinski definition) is 4. The van der Waals surface area contributed by atoms with Crippen LogP contribution in [0.25, 0.3) is 0 Å². The average molecular weight is 311 g/mol. The fourth-order valence-electron chi connectivity index (χ4n) is 2.98. The van der Waals surface area contributed by atoms with Gasteiger partial charge >= 0.3 is 0 Å². The number of likely N-dealkylation sites (N-methyl/N-ethyl adjacent to an activating group) is 1. The summed E-state index contributed by atoms with van der Waals surface area (Å²) >= 11 is 5.85. The van der Waals surface area contributed by atoms with Crippen LogP contribution in [0.2, 0.25) is 0 Å². The molecule has 2 atom stereocenters. The summed E-state index contributed by atoms with van der Waals surface area (Å²) in [6.45, 7) is 3.02. The molecule has 0 aromatic rings. The Balaban J connectivity index is 1.87. The quantitative estimate of drug-likeness (QED) is 0.443. The van der Waals surface area contributed by atoms with E-state index in [-0.39, 0.29) is 0 Å². The van der Waals surface area contributed by atoms with Crippen molar-refractivity contribution in [3.05, 3.63) is 35.6 Å². The summed E-state index contributed by atoms with van der Waals surface area (Å²) in [4.78, 5) is 0. The fourth-order valence-corrected chi connectivity index (χ4v) is 3.13. The lowest BCUT2D eigenvalue weighted by Crippen LogP contribution is -2.33. The maximum Gasteiger partial charge on any atom is 0.101 e. The number of piperidine rings is 1. The molecule has 0 spiro atoms. The fraction of sp³-hybridized carbons (Fsp3) is 0.625. The minimum atomic E-state index is -0.450. The molecule has 1 aliphatic heterocycles. The van der Waals surface area contributed by atoms with Crippen molar-refractivity contribution in [1.82, 2.24) is 16.0 Å². The number of halogens is 1. The van der Waals surface area contributed by atoms with Gasteiger partial charge in [-0.15, -0.1) is 11.6 Å². The molecule has 0 aromatic heterocycles. The smallest absolute Gasteiger partial charge is 0.101 e. The Morgan fingerprint density at radius 2 is 2.29 bits per heavy atom. The lowest BCUT2D eigenvalue weighted by Gasteiger charge is -2.27. The molecule has 118 valence electrons. The number of hydrogen-bond donors (Lipinski definition) is 4. The molecule has 0 aromatic carbocycles. The molecule has 1 aliphatic carbocycles. The monoisotopic (exact) mass is 310 g/mol. The molecule has 0 radical (unpaired) electrons. The molecule has 2 aliphatic rings. The van der Waals surface area contributed by atoms with Crippen LogP contribution in [-0.4, -0.2) is 38.2 Å². The van der Waals surface area contributed by atoms with Gasteiger partial charge in [-0.25, -0.2) is 0 Å². The standard InChI is InChI=1S/C16H27ClN4/c1-19-11-15(10-16(17)18)21-14-4-2-12(3-5-14)13-6-8-20-9-7-13/h2-4,10,13-14,16,19-21H,5-9,11,18H2,1H3/b15-10+. The van der Waals surface area contributed by atoms with Crippen LogP contribution < -0.4 is 21.7 Å². The number of allylic oxidation sites excluding steroid dienone is 2. The molecule has 0 bridgehead atoms. The SMILES string of the molecule is CNC/C(=C\C(N)Cl)NC1C=CC(C2CCNCC2)=CC1. The first-order chi connectivity index (χ1) is 10.2. The topological polar surface area (TPSA) is 62.1 Å². The second-order valence-electron chi connectivity index (χ2n) is 5.74. The first-order valence-electron chi connectivity index (χ1n) is 7.79. The minimum Gasteiger partial charge on any atom is -0.381 e. The molecule has 2 rings (SSSR count). The van der Waals surface area contributed by atoms with E-state index in [4.69, 9.17) is 17.3 Å². The van der Waals surface area contributed by atoms with E-state index in [9.17, 15) is 0 Å². The molecule has 4 nitrogen and oxygen atoms in total. The van der Waals surface area contributed by atoms with Crippen LogP contribution in [0.5, 0.6) is 0 Å². The summed E-state index contributed by atoms with van der Waals surface area (Å²) in [5.74, 6) is 0.729. The van der Waals surface area contributed by atoms with Gasteiger partial charge in [0, 0.05) is 18.3 Å². The predicted molar refractivity (Wildman–Crippen MR) is 90.2 cm³/mol. The van der Waals surface area contributed by atoms with Crippen LogP contribution >= 0.6 is 11.6 Å². The maximum absolute atomic E-state index is 5.85. The van der Waals surface area contributed by atoms with E-state index in [1.165, 1.54) is 18.4 Å². The molecular formula is C16H27ClN4. The number of nitrogens with two attached hydrogens (primary N) is 1. The molecule has 0 amide bonds. The zero-order chi connectivity index (χ0) is 15.1. The van der Waals surface area contributed by atoms with Gasteiger partial charge in [0.1, 0.15) is 5.50 Å². The Morgan fingerprint density at radius 1 is 1.52 bits per heavy atom. The number of rotatable bonds is 6. The molecule has 1 saturated heterocycles. The summed E-state index contributed by atoms with van der Waals surface area (Å²) in [5.41, 5.74) is 7.74. The Morgan fingerprint density at radius 3 is 2.86 bits per heavy atom. The van der Waals surface area contributed by atoms with Crippen molar-refractivity contribution in [2.24, 2.45) is 11.7 Å². The normalized spacial score (nSPS) is 25.6. The van der Waals surface area contributed by atoms with E-state index in [0.29, 0.717) is 6.04 Å². The van der Waals surface area contributed by atoms with E-state index in [1.54, 1.807) is 0 Å². The van der Waals surface area contributed by atoms with Gasteiger partial charge in [0.25, 0.3) is 0 Å². The van der Waals surface area contributed by atoms with E-state index in [2.05, 4.69) is 34.2 Å². The van der Waals surface area contributed by atoms with E-state index in [1.807, 2.05) is 13.1 Å². The third-order valence-corrected chi connectivity index (χ3v) is 4.16. The summed E-state index contributed by atoms with van der Waals surface area (Å²) < 4.78 is 0. The minimum absolute atomic E-state index is 0.325. The molecule has 21 heavy (non-hydrogen) atoms. The van der Waals surface area contributed by atoms with Crippen molar-refractivity contribution in [1.29, 1.82) is 0 Å². The van der Waals surface area contributed by atoms with Gasteiger partial charge in [0.2, 0.25) is 0 Å². The van der Waals surface area contributed by atoms with Crippen LogP contribution in [0, 0.1) is 5.92 Å². The number of nitrogens with one attached hydrogen (secondary N) is 3. The van der Waals surface area contributed by atoms with Gasteiger partial charge in [-0.3, -0.25) is 0 Å². The molecule has 5 heteroatoms. The van der Waals surface area contributed by atoms with Crippen molar-refractivity contribution < 1.29 is 0 Å². The van der Waals surface area contributed by atoms with Crippen molar-refractivity contribution in [3.63, 3.8) is 0 Å². The van der Waals surface area contributed by atoms with Crippen LogP contribution in [0.1, 0.15) is 19.3 Å². The first kappa shape index (κ1) is 16.6. The summed E-state index contributed by atoms with van der Waals surface area (Å²) in [6.07, 6.45) is 12.3. The van der Waals surface area contributed by atoms with Gasteiger partial charge in [0.15, 0.2) is 0 Å². The van der Waals surface area contributed by atoms with Crippen LogP contribution in [-0.2, 0) is 0 Å². The number of alkyl halides is 1. The molecular weight excluding hydrogens is 284 g/mol. The summed E-state index contributed by atoms with van der Waals surface area (Å²) in [6, 6.07) is 0.325. The summed E-state index contributed by atoms with van der Waals surface area (Å²) in [7, 11) is 1.92. The Labute approximate surface area is 132 Å². The second-order valence-corrected chi connectivity index (χ2v) is 6.24. The highest BCUT2D eigenvalue weighted by molar-refractivity contribution is 6.21. The molecule has 1 heterocycles. The van der Waals surface area contributed by atoms with Gasteiger partial charge < -0.3 is 21.7 Å². The lowest BCUT2D eigenvalue weighted by atomic mass is 9.86. The van der Waals surface area contributed by atoms with Gasteiger partial charge in [-0.2, -0.15) is 0 Å². The highest BCUT2D eigenvalue weighted by Gasteiger charge is 2.18. The zero-order valence-corrected chi connectivity index (χ0v) is 13.5. The lowest BCUT2D eigenvalue weighted by molar-refractivity contribution is 0.422. The highest BCUT2D eigenvalue weighted by atomic mass is 35.5. The molecule has 2 unspecified atom stereocenters. The zero-order valence-electron chi connectivity index (χ0n) is 12.7. The predicted octanol–water partition coefficient (Wildman–Crippen LogP) is 1.46. The third kappa shape index (κ3) is 5.47. The van der Waals surface area contributed by atoms with E-state index < -0.39 is 5.50 Å². The largest absolute Gasteiger partial charge is 0.381 e. The first-order valence-corrected chi connectivity index (χ1v) is 8.23. The van der Waals surface area contributed by atoms with Gasteiger partial charge in [-0.1, -0.05) is 18.2 Å². The van der Waals surface area contributed by atoms with Crippen molar-refractivity contribution in [2.75, 3.05) is 26.7 Å². The second kappa shape index (κ2) is 8.59. The third-order valence-electron chi connectivity index (χ3n) is 4.04. The highest BCUT2D eigenvalue weighted by Crippen LogP contribution is 2.26. The van der Waals surface area contributed by atoms with E-state index >= 15 is 0 Å².